The van der Waals surface area contributed by atoms with Gasteiger partial charge in [-0.25, -0.2) is 4.79 Å². The maximum absolute atomic E-state index is 12.3. The van der Waals surface area contributed by atoms with E-state index in [1.165, 1.54) is 11.3 Å². The highest BCUT2D eigenvalue weighted by atomic mass is 35.5. The number of nitrogens with one attached hydrogen (secondary N) is 1. The van der Waals surface area contributed by atoms with E-state index in [4.69, 9.17) is 16.3 Å². The molecule has 0 aliphatic carbocycles. The molecule has 0 fully saturated rings. The molecule has 23 heavy (non-hydrogen) atoms. The average molecular weight is 352 g/mol. The van der Waals surface area contributed by atoms with Crippen molar-refractivity contribution in [3.63, 3.8) is 0 Å². The van der Waals surface area contributed by atoms with Gasteiger partial charge >= 0.3 is 5.97 Å². The summed E-state index contributed by atoms with van der Waals surface area (Å²) in [6.45, 7) is 6.10. The van der Waals surface area contributed by atoms with Crippen molar-refractivity contribution in [1.29, 1.82) is 0 Å². The minimum atomic E-state index is -0.429. The van der Waals surface area contributed by atoms with E-state index in [0.29, 0.717) is 21.2 Å². The minimum absolute atomic E-state index is 0.259. The number of ether oxygens (including phenoxy) is 1. The number of anilines is 1. The molecule has 1 aromatic heterocycles. The average Bonchev–Trinajstić information content (AvgIpc) is 2.92. The Labute approximate surface area is 144 Å². The van der Waals surface area contributed by atoms with Gasteiger partial charge < -0.3 is 10.1 Å². The van der Waals surface area contributed by atoms with Crippen LogP contribution in [0.1, 0.15) is 52.3 Å². The first-order valence-corrected chi connectivity index (χ1v) is 8.49. The Balaban J connectivity index is 2.28. The van der Waals surface area contributed by atoms with Gasteiger partial charge in [0.25, 0.3) is 5.91 Å². The fourth-order valence-corrected chi connectivity index (χ4v) is 3.09. The van der Waals surface area contributed by atoms with Crippen LogP contribution in [0.25, 0.3) is 0 Å². The van der Waals surface area contributed by atoms with Crippen molar-refractivity contribution in [3.05, 3.63) is 51.4 Å². The van der Waals surface area contributed by atoms with Crippen LogP contribution in [0.15, 0.2) is 30.3 Å². The summed E-state index contributed by atoms with van der Waals surface area (Å²) in [6, 6.07) is 8.36. The number of hydrogen-bond donors (Lipinski definition) is 1. The number of thiophene rings is 1. The number of halogens is 1. The van der Waals surface area contributed by atoms with E-state index in [0.717, 1.165) is 4.88 Å². The van der Waals surface area contributed by atoms with Gasteiger partial charge in [-0.2, -0.15) is 0 Å². The molecule has 2 rings (SSSR count). The summed E-state index contributed by atoms with van der Waals surface area (Å²) >= 11 is 7.21. The number of amides is 1. The van der Waals surface area contributed by atoms with Gasteiger partial charge in [0.05, 0.1) is 12.2 Å². The number of carbonyl (C=O) groups excluding carboxylic acids is 2. The Morgan fingerprint density at radius 2 is 1.91 bits per heavy atom. The maximum Gasteiger partial charge on any atom is 0.341 e. The molecule has 0 bridgehead atoms. The van der Waals surface area contributed by atoms with Crippen LogP contribution in [-0.4, -0.2) is 18.5 Å². The Hall–Kier alpha value is -1.85. The third-order valence-corrected chi connectivity index (χ3v) is 4.75. The van der Waals surface area contributed by atoms with E-state index in [1.54, 1.807) is 37.3 Å². The molecule has 6 heteroatoms. The Kier molecular flexibility index (Phi) is 5.80. The topological polar surface area (TPSA) is 55.4 Å². The van der Waals surface area contributed by atoms with E-state index >= 15 is 0 Å². The number of hydrogen-bond acceptors (Lipinski definition) is 4. The highest BCUT2D eigenvalue weighted by Crippen LogP contribution is 2.33. The molecule has 0 unspecified atom stereocenters. The summed E-state index contributed by atoms with van der Waals surface area (Å²) in [5.74, 6) is -0.458. The molecular weight excluding hydrogens is 334 g/mol. The standard InChI is InChI=1S/C17H18ClNO3S/c1-4-22-17(21)13-9-14(10(2)3)23-16(13)19-15(20)11-5-7-12(18)8-6-11/h5-10H,4H2,1-3H3,(H,19,20). The normalized spacial score (nSPS) is 10.7. The maximum atomic E-state index is 12.3. The summed E-state index contributed by atoms with van der Waals surface area (Å²) < 4.78 is 5.06. The summed E-state index contributed by atoms with van der Waals surface area (Å²) in [5, 5.41) is 3.87. The molecule has 1 heterocycles. The fraction of sp³-hybridized carbons (Fsp3) is 0.294. The lowest BCUT2D eigenvalue weighted by molar-refractivity contribution is 0.0528. The quantitative estimate of drug-likeness (QED) is 0.775. The van der Waals surface area contributed by atoms with Gasteiger partial charge in [-0.15, -0.1) is 11.3 Å². The second kappa shape index (κ2) is 7.62. The van der Waals surface area contributed by atoms with E-state index in [1.807, 2.05) is 13.8 Å². The van der Waals surface area contributed by atoms with Gasteiger partial charge in [-0.3, -0.25) is 4.79 Å². The molecule has 1 amide bonds. The SMILES string of the molecule is CCOC(=O)c1cc(C(C)C)sc1NC(=O)c1ccc(Cl)cc1. The van der Waals surface area contributed by atoms with Gasteiger partial charge in [0.1, 0.15) is 5.00 Å². The van der Waals surface area contributed by atoms with E-state index in [2.05, 4.69) is 5.32 Å². The van der Waals surface area contributed by atoms with Crippen LogP contribution >= 0.6 is 22.9 Å². The first-order chi connectivity index (χ1) is 10.9. The highest BCUT2D eigenvalue weighted by Gasteiger charge is 2.20. The monoisotopic (exact) mass is 351 g/mol. The van der Waals surface area contributed by atoms with Crippen molar-refractivity contribution in [2.45, 2.75) is 26.7 Å². The van der Waals surface area contributed by atoms with Crippen LogP contribution in [0.5, 0.6) is 0 Å². The van der Waals surface area contributed by atoms with Crippen LogP contribution in [0.4, 0.5) is 5.00 Å². The second-order valence-electron chi connectivity index (χ2n) is 5.23. The lowest BCUT2D eigenvalue weighted by atomic mass is 10.1. The molecule has 0 aliphatic rings. The number of esters is 1. The molecule has 0 saturated heterocycles. The number of benzene rings is 1. The Bertz CT molecular complexity index is 707. The lowest BCUT2D eigenvalue weighted by Crippen LogP contribution is -2.14. The molecule has 122 valence electrons. The summed E-state index contributed by atoms with van der Waals surface area (Å²) in [7, 11) is 0. The number of rotatable bonds is 5. The van der Waals surface area contributed by atoms with E-state index in [-0.39, 0.29) is 18.4 Å². The first kappa shape index (κ1) is 17.5. The molecule has 1 N–H and O–H groups in total. The van der Waals surface area contributed by atoms with Gasteiger partial charge in [0.15, 0.2) is 0 Å². The van der Waals surface area contributed by atoms with Gasteiger partial charge in [0, 0.05) is 15.5 Å². The largest absolute Gasteiger partial charge is 0.462 e. The van der Waals surface area contributed by atoms with E-state index < -0.39 is 5.97 Å². The van der Waals surface area contributed by atoms with Gasteiger partial charge in [-0.1, -0.05) is 25.4 Å². The first-order valence-electron chi connectivity index (χ1n) is 7.30. The molecule has 0 atom stereocenters. The zero-order valence-electron chi connectivity index (χ0n) is 13.2. The third kappa shape index (κ3) is 4.33. The molecule has 2 aromatic rings. The Morgan fingerprint density at radius 3 is 2.48 bits per heavy atom. The zero-order valence-corrected chi connectivity index (χ0v) is 14.8. The smallest absolute Gasteiger partial charge is 0.341 e. The van der Waals surface area contributed by atoms with Crippen molar-refractivity contribution in [3.8, 4) is 0 Å². The van der Waals surface area contributed by atoms with Crippen LogP contribution in [0, 0.1) is 0 Å². The minimum Gasteiger partial charge on any atom is -0.462 e. The van der Waals surface area contributed by atoms with Crippen LogP contribution in [0.2, 0.25) is 5.02 Å². The summed E-state index contributed by atoms with van der Waals surface area (Å²) in [5.41, 5.74) is 0.867. The Morgan fingerprint density at radius 1 is 1.26 bits per heavy atom. The number of carbonyl (C=O) groups is 2. The third-order valence-electron chi connectivity index (χ3n) is 3.15. The van der Waals surface area contributed by atoms with Crippen LogP contribution in [-0.2, 0) is 4.74 Å². The van der Waals surface area contributed by atoms with Crippen LogP contribution < -0.4 is 5.32 Å². The van der Waals surface area contributed by atoms with Crippen LogP contribution in [0.3, 0.4) is 0 Å². The van der Waals surface area contributed by atoms with E-state index in [9.17, 15) is 9.59 Å². The van der Waals surface area contributed by atoms with Gasteiger partial charge in [0.2, 0.25) is 0 Å². The molecule has 1 aromatic carbocycles. The highest BCUT2D eigenvalue weighted by molar-refractivity contribution is 7.16. The van der Waals surface area contributed by atoms with Crippen molar-refractivity contribution in [2.24, 2.45) is 0 Å². The molecular formula is C17H18ClNO3S. The lowest BCUT2D eigenvalue weighted by Gasteiger charge is -2.06. The fourth-order valence-electron chi connectivity index (χ4n) is 1.92. The molecule has 0 saturated carbocycles. The van der Waals surface area contributed by atoms with Crippen molar-refractivity contribution in [1.82, 2.24) is 0 Å². The summed E-state index contributed by atoms with van der Waals surface area (Å²) in [6.07, 6.45) is 0. The zero-order chi connectivity index (χ0) is 17.0. The molecule has 4 nitrogen and oxygen atoms in total. The summed E-state index contributed by atoms with van der Waals surface area (Å²) in [4.78, 5) is 25.4. The van der Waals surface area contributed by atoms with Crippen molar-refractivity contribution in [2.75, 3.05) is 11.9 Å². The predicted octanol–water partition coefficient (Wildman–Crippen LogP) is 4.95. The van der Waals surface area contributed by atoms with Gasteiger partial charge in [-0.05, 0) is 43.2 Å². The second-order valence-corrected chi connectivity index (χ2v) is 6.75. The van der Waals surface area contributed by atoms with Crippen molar-refractivity contribution >= 4 is 39.8 Å². The van der Waals surface area contributed by atoms with Crippen molar-refractivity contribution < 1.29 is 14.3 Å². The molecule has 0 spiro atoms. The molecule has 0 aliphatic heterocycles. The molecule has 0 radical (unpaired) electrons. The predicted molar refractivity (Wildman–Crippen MR) is 93.8 cm³/mol.